The normalized spacial score (nSPS) is 12.6. The van der Waals surface area contributed by atoms with Crippen molar-refractivity contribution in [3.05, 3.63) is 36.8 Å². The van der Waals surface area contributed by atoms with Crippen molar-refractivity contribution in [2.45, 2.75) is 23.9 Å². The van der Waals surface area contributed by atoms with Gasteiger partial charge in [-0.2, -0.15) is 22.0 Å². The minimum Gasteiger partial charge on any atom is -0.470 e. The van der Waals surface area contributed by atoms with Crippen LogP contribution in [0.2, 0.25) is 0 Å². The first-order valence-electron chi connectivity index (χ1n) is 8.73. The molecular weight excluding hydrogens is 463 g/mol. The Balaban J connectivity index is 1.97. The highest BCUT2D eigenvalue weighted by molar-refractivity contribution is 7.91. The lowest BCUT2D eigenvalue weighted by atomic mass is 10.2. The van der Waals surface area contributed by atoms with Crippen LogP contribution in [0.25, 0.3) is 23.0 Å². The molecule has 0 bridgehead atoms. The molecule has 0 aliphatic heterocycles. The van der Waals surface area contributed by atoms with E-state index in [1.165, 1.54) is 19.3 Å². The van der Waals surface area contributed by atoms with Gasteiger partial charge in [0.2, 0.25) is 5.88 Å². The maximum Gasteiger partial charge on any atom is 0.456 e. The van der Waals surface area contributed by atoms with Gasteiger partial charge in [-0.15, -0.1) is 10.2 Å². The first kappa shape index (κ1) is 23.3. The maximum absolute atomic E-state index is 13.0. The first-order chi connectivity index (χ1) is 14.9. The summed E-state index contributed by atoms with van der Waals surface area (Å²) in [5, 5.41) is 7.09. The summed E-state index contributed by atoms with van der Waals surface area (Å²) < 4.78 is 92.0. The first-order valence-corrected chi connectivity index (χ1v) is 10.4. The van der Waals surface area contributed by atoms with Crippen LogP contribution in [0, 0.1) is 0 Å². The predicted molar refractivity (Wildman–Crippen MR) is 98.3 cm³/mol. The zero-order valence-electron chi connectivity index (χ0n) is 16.1. The van der Waals surface area contributed by atoms with E-state index >= 15 is 0 Å². The van der Waals surface area contributed by atoms with E-state index in [0.29, 0.717) is 0 Å². The Morgan fingerprint density at radius 3 is 2.22 bits per heavy atom. The van der Waals surface area contributed by atoms with E-state index in [9.17, 15) is 30.4 Å². The summed E-state index contributed by atoms with van der Waals surface area (Å²) in [4.78, 5) is 15.8. The van der Waals surface area contributed by atoms with Crippen LogP contribution in [-0.4, -0.2) is 63.0 Å². The molecule has 0 atom stereocenters. The molecule has 0 aromatic carbocycles. The number of rotatable bonds is 7. The van der Waals surface area contributed by atoms with Crippen molar-refractivity contribution < 1.29 is 35.1 Å². The lowest BCUT2D eigenvalue weighted by molar-refractivity contribution is -0.290. The van der Waals surface area contributed by atoms with Crippen LogP contribution in [0.15, 0.2) is 41.7 Å². The molecule has 3 rings (SSSR count). The van der Waals surface area contributed by atoms with Crippen LogP contribution < -0.4 is 4.74 Å². The van der Waals surface area contributed by atoms with Gasteiger partial charge in [-0.05, 0) is 12.1 Å². The van der Waals surface area contributed by atoms with E-state index in [2.05, 4.69) is 34.9 Å². The van der Waals surface area contributed by atoms with Crippen molar-refractivity contribution >= 4 is 9.84 Å². The molecular formula is C17H13F5N6O3S. The van der Waals surface area contributed by atoms with Gasteiger partial charge in [-0.25, -0.2) is 28.4 Å². The van der Waals surface area contributed by atoms with Gasteiger partial charge >= 0.3 is 12.1 Å². The summed E-state index contributed by atoms with van der Waals surface area (Å²) in [7, 11) is -3.82. The van der Waals surface area contributed by atoms with Crippen LogP contribution >= 0.6 is 0 Å². The Kier molecular flexibility index (Phi) is 6.29. The second-order valence-electron chi connectivity index (χ2n) is 6.13. The summed E-state index contributed by atoms with van der Waals surface area (Å²) in [5.74, 6) is -5.93. The van der Waals surface area contributed by atoms with Crippen molar-refractivity contribution in [3.63, 3.8) is 0 Å². The van der Waals surface area contributed by atoms with Gasteiger partial charge in [0, 0.05) is 18.5 Å². The number of aromatic nitrogens is 6. The standard InChI is InChI=1S/C17H13F5N6O3S/c1-2-32(29,30)11-8-25-15(14-23-6-3-7-24-14)26-13(11)10-4-5-12(28-27-10)31-9-16(18,19)17(20,21)22/h3-8H,2,9H2,1H3. The average Bonchev–Trinajstić information content (AvgIpc) is 2.77. The fraction of sp³-hybridized carbons (Fsp3) is 0.294. The average molecular weight is 476 g/mol. The molecule has 0 aliphatic carbocycles. The molecule has 0 amide bonds. The van der Waals surface area contributed by atoms with Crippen molar-refractivity contribution in [2.75, 3.05) is 12.4 Å². The second kappa shape index (κ2) is 8.64. The zero-order valence-corrected chi connectivity index (χ0v) is 16.9. The Morgan fingerprint density at radius 1 is 0.969 bits per heavy atom. The molecule has 3 aromatic rings. The highest BCUT2D eigenvalue weighted by Crippen LogP contribution is 2.35. The van der Waals surface area contributed by atoms with E-state index in [0.717, 1.165) is 18.3 Å². The summed E-state index contributed by atoms with van der Waals surface area (Å²) in [6.07, 6.45) is -1.90. The molecule has 3 aromatic heterocycles. The van der Waals surface area contributed by atoms with Gasteiger partial charge < -0.3 is 4.74 Å². The van der Waals surface area contributed by atoms with Crippen molar-refractivity contribution in [2.24, 2.45) is 0 Å². The predicted octanol–water partition coefficient (Wildman–Crippen LogP) is 2.76. The zero-order chi connectivity index (χ0) is 23.6. The highest BCUT2D eigenvalue weighted by Gasteiger charge is 2.58. The second-order valence-corrected chi connectivity index (χ2v) is 8.38. The van der Waals surface area contributed by atoms with Crippen LogP contribution in [0.5, 0.6) is 5.88 Å². The lowest BCUT2D eigenvalue weighted by Crippen LogP contribution is -2.41. The molecule has 0 aliphatic rings. The largest absolute Gasteiger partial charge is 0.470 e. The minimum absolute atomic E-state index is 0.0254. The SMILES string of the molecule is CCS(=O)(=O)c1cnc(-c2ncccn2)nc1-c1ccc(OCC(F)(F)C(F)(F)F)nn1. The van der Waals surface area contributed by atoms with Gasteiger partial charge in [-0.1, -0.05) is 6.92 Å². The monoisotopic (exact) mass is 476 g/mol. The summed E-state index contributed by atoms with van der Waals surface area (Å²) in [6, 6.07) is 3.62. The van der Waals surface area contributed by atoms with Crippen LogP contribution in [-0.2, 0) is 9.84 Å². The third-order valence-electron chi connectivity index (χ3n) is 3.93. The third-order valence-corrected chi connectivity index (χ3v) is 5.66. The Bertz CT molecular complexity index is 1190. The topological polar surface area (TPSA) is 121 Å². The number of nitrogens with zero attached hydrogens (tertiary/aromatic N) is 6. The maximum atomic E-state index is 13.0. The van der Waals surface area contributed by atoms with Crippen LogP contribution in [0.3, 0.4) is 0 Å². The summed E-state index contributed by atoms with van der Waals surface area (Å²) in [5.41, 5.74) is -0.296. The molecule has 0 unspecified atom stereocenters. The molecule has 0 fully saturated rings. The number of alkyl halides is 5. The smallest absolute Gasteiger partial charge is 0.456 e. The summed E-state index contributed by atoms with van der Waals surface area (Å²) >= 11 is 0. The lowest BCUT2D eigenvalue weighted by Gasteiger charge is -2.19. The molecule has 0 saturated heterocycles. The molecule has 15 heteroatoms. The molecule has 170 valence electrons. The van der Waals surface area contributed by atoms with E-state index in [1.54, 1.807) is 6.07 Å². The molecule has 9 nitrogen and oxygen atoms in total. The van der Waals surface area contributed by atoms with Crippen molar-refractivity contribution in [1.82, 2.24) is 30.1 Å². The molecule has 0 saturated carbocycles. The number of hydrogen-bond donors (Lipinski definition) is 0. The number of sulfone groups is 1. The molecule has 0 N–H and O–H groups in total. The minimum atomic E-state index is -5.79. The van der Waals surface area contributed by atoms with Gasteiger partial charge in [0.1, 0.15) is 16.3 Å². The highest BCUT2D eigenvalue weighted by atomic mass is 32.2. The van der Waals surface area contributed by atoms with Crippen LogP contribution in [0.1, 0.15) is 6.92 Å². The Morgan fingerprint density at radius 2 is 1.66 bits per heavy atom. The van der Waals surface area contributed by atoms with E-state index in [4.69, 9.17) is 0 Å². The van der Waals surface area contributed by atoms with Crippen LogP contribution in [0.4, 0.5) is 22.0 Å². The van der Waals surface area contributed by atoms with Gasteiger partial charge in [0.05, 0.1) is 11.9 Å². The van der Waals surface area contributed by atoms with E-state index in [-0.39, 0.29) is 33.7 Å². The quantitative estimate of drug-likeness (QED) is 0.474. The molecule has 0 spiro atoms. The fourth-order valence-corrected chi connectivity index (χ4v) is 3.20. The number of hydrogen-bond acceptors (Lipinski definition) is 9. The summed E-state index contributed by atoms with van der Waals surface area (Å²) in [6.45, 7) is -0.597. The fourth-order valence-electron chi connectivity index (χ4n) is 2.23. The van der Waals surface area contributed by atoms with Gasteiger partial charge in [0.25, 0.3) is 0 Å². The molecule has 32 heavy (non-hydrogen) atoms. The third kappa shape index (κ3) is 4.92. The molecule has 3 heterocycles. The van der Waals surface area contributed by atoms with Crippen molar-refractivity contribution in [1.29, 1.82) is 0 Å². The molecule has 0 radical (unpaired) electrons. The van der Waals surface area contributed by atoms with E-state index in [1.807, 2.05) is 0 Å². The number of halogens is 5. The Labute approximate surface area is 177 Å². The van der Waals surface area contributed by atoms with E-state index < -0.39 is 34.4 Å². The van der Waals surface area contributed by atoms with Gasteiger partial charge in [0.15, 0.2) is 28.1 Å². The Hall–Kier alpha value is -3.36. The van der Waals surface area contributed by atoms with Gasteiger partial charge in [-0.3, -0.25) is 0 Å². The van der Waals surface area contributed by atoms with Crippen molar-refractivity contribution in [3.8, 4) is 28.9 Å². The number of ether oxygens (including phenoxy) is 1.